The molecule has 2 aromatic carbocycles. The van der Waals surface area contributed by atoms with E-state index in [9.17, 15) is 18.0 Å². The zero-order chi connectivity index (χ0) is 20.0. The standard InChI is InChI=1S/C19H21NO6S/c1-4-25-17-11-7-15(8-12-17)19(22)26-13(2)18(21)14-5-9-16(10-6-14)20-27(3,23)24/h5-13,20H,4H2,1-3H3/t13-/m1/s1. The summed E-state index contributed by atoms with van der Waals surface area (Å²) in [5.41, 5.74) is 0.958. The Hall–Kier alpha value is -2.87. The third-order valence-electron chi connectivity index (χ3n) is 3.53. The maximum atomic E-state index is 12.4. The molecule has 0 heterocycles. The van der Waals surface area contributed by atoms with Crippen LogP contribution in [0.5, 0.6) is 5.75 Å². The second kappa shape index (κ2) is 8.68. The van der Waals surface area contributed by atoms with Crippen LogP contribution in [0, 0.1) is 0 Å². The molecule has 0 aliphatic rings. The molecule has 0 aromatic heterocycles. The predicted molar refractivity (Wildman–Crippen MR) is 102 cm³/mol. The molecule has 0 saturated carbocycles. The Morgan fingerprint density at radius 1 is 1.00 bits per heavy atom. The van der Waals surface area contributed by atoms with Crippen molar-refractivity contribution in [1.82, 2.24) is 0 Å². The van der Waals surface area contributed by atoms with Crippen molar-refractivity contribution in [2.24, 2.45) is 0 Å². The largest absolute Gasteiger partial charge is 0.494 e. The molecule has 8 heteroatoms. The third-order valence-corrected chi connectivity index (χ3v) is 4.13. The van der Waals surface area contributed by atoms with Crippen molar-refractivity contribution < 1.29 is 27.5 Å². The van der Waals surface area contributed by atoms with Gasteiger partial charge < -0.3 is 9.47 Å². The van der Waals surface area contributed by atoms with Gasteiger partial charge in [0.25, 0.3) is 0 Å². The van der Waals surface area contributed by atoms with Gasteiger partial charge in [-0.2, -0.15) is 0 Å². The summed E-state index contributed by atoms with van der Waals surface area (Å²) >= 11 is 0. The van der Waals surface area contributed by atoms with E-state index in [0.717, 1.165) is 6.26 Å². The van der Waals surface area contributed by atoms with Crippen LogP contribution >= 0.6 is 0 Å². The van der Waals surface area contributed by atoms with Gasteiger partial charge in [0.15, 0.2) is 6.10 Å². The topological polar surface area (TPSA) is 98.8 Å². The van der Waals surface area contributed by atoms with Crippen LogP contribution in [-0.4, -0.2) is 39.1 Å². The van der Waals surface area contributed by atoms with Gasteiger partial charge in [-0.05, 0) is 62.4 Å². The van der Waals surface area contributed by atoms with Crippen LogP contribution < -0.4 is 9.46 Å². The number of anilines is 1. The molecule has 0 spiro atoms. The van der Waals surface area contributed by atoms with Gasteiger partial charge in [-0.3, -0.25) is 9.52 Å². The Kier molecular flexibility index (Phi) is 6.57. The summed E-state index contributed by atoms with van der Waals surface area (Å²) < 4.78 is 35.2. The molecule has 27 heavy (non-hydrogen) atoms. The SMILES string of the molecule is CCOc1ccc(C(=O)O[C@H](C)C(=O)c2ccc(NS(C)(=O)=O)cc2)cc1. The minimum Gasteiger partial charge on any atom is -0.494 e. The molecule has 0 bridgehead atoms. The number of carbonyl (C=O) groups excluding carboxylic acids is 2. The van der Waals surface area contributed by atoms with Gasteiger partial charge in [0.2, 0.25) is 15.8 Å². The Morgan fingerprint density at radius 2 is 1.56 bits per heavy atom. The number of ketones is 1. The summed E-state index contributed by atoms with van der Waals surface area (Å²) in [7, 11) is -3.39. The minimum absolute atomic E-state index is 0.307. The van der Waals surface area contributed by atoms with Crippen molar-refractivity contribution in [2.75, 3.05) is 17.6 Å². The first-order valence-corrected chi connectivity index (χ1v) is 10.1. The monoisotopic (exact) mass is 391 g/mol. The molecule has 0 radical (unpaired) electrons. The van der Waals surface area contributed by atoms with Crippen molar-refractivity contribution in [3.63, 3.8) is 0 Å². The van der Waals surface area contributed by atoms with Gasteiger partial charge >= 0.3 is 5.97 Å². The smallest absolute Gasteiger partial charge is 0.338 e. The van der Waals surface area contributed by atoms with E-state index in [1.807, 2.05) is 6.92 Å². The lowest BCUT2D eigenvalue weighted by Crippen LogP contribution is -2.24. The van der Waals surface area contributed by atoms with Crippen molar-refractivity contribution in [3.05, 3.63) is 59.7 Å². The highest BCUT2D eigenvalue weighted by molar-refractivity contribution is 7.92. The maximum Gasteiger partial charge on any atom is 0.338 e. The number of Topliss-reactive ketones (excluding diaryl/α,β-unsaturated/α-hetero) is 1. The quantitative estimate of drug-likeness (QED) is 0.549. The average Bonchev–Trinajstić information content (AvgIpc) is 2.61. The zero-order valence-electron chi connectivity index (χ0n) is 15.3. The third kappa shape index (κ3) is 6.10. The van der Waals surface area contributed by atoms with Crippen LogP contribution in [0.3, 0.4) is 0 Å². The minimum atomic E-state index is -3.39. The molecule has 1 atom stereocenters. The van der Waals surface area contributed by atoms with Gasteiger partial charge in [0.05, 0.1) is 18.4 Å². The fourth-order valence-electron chi connectivity index (χ4n) is 2.29. The van der Waals surface area contributed by atoms with Crippen molar-refractivity contribution in [1.29, 1.82) is 0 Å². The van der Waals surface area contributed by atoms with E-state index < -0.39 is 22.1 Å². The number of sulfonamides is 1. The van der Waals surface area contributed by atoms with Gasteiger partial charge in [-0.15, -0.1) is 0 Å². The van der Waals surface area contributed by atoms with Crippen molar-refractivity contribution in [3.8, 4) is 5.75 Å². The normalized spacial score (nSPS) is 12.1. The van der Waals surface area contributed by atoms with Crippen LogP contribution in [0.15, 0.2) is 48.5 Å². The lowest BCUT2D eigenvalue weighted by atomic mass is 10.1. The highest BCUT2D eigenvalue weighted by Crippen LogP contribution is 2.16. The molecule has 144 valence electrons. The Balaban J connectivity index is 2.01. The maximum absolute atomic E-state index is 12.4. The predicted octanol–water partition coefficient (Wildman–Crippen LogP) is 2.89. The number of esters is 1. The van der Waals surface area contributed by atoms with E-state index in [1.165, 1.54) is 31.2 Å². The van der Waals surface area contributed by atoms with Crippen LogP contribution in [0.4, 0.5) is 5.69 Å². The molecule has 0 saturated heterocycles. The Labute approximate surface area is 158 Å². The molecule has 7 nitrogen and oxygen atoms in total. The van der Waals surface area contributed by atoms with Crippen LogP contribution in [0.1, 0.15) is 34.6 Å². The first-order valence-electron chi connectivity index (χ1n) is 8.25. The second-order valence-corrected chi connectivity index (χ2v) is 7.57. The van der Waals surface area contributed by atoms with Crippen LogP contribution in [0.2, 0.25) is 0 Å². The van der Waals surface area contributed by atoms with Gasteiger partial charge in [0.1, 0.15) is 5.75 Å². The Morgan fingerprint density at radius 3 is 2.07 bits per heavy atom. The molecule has 0 aliphatic heterocycles. The summed E-state index contributed by atoms with van der Waals surface area (Å²) in [5.74, 6) is -0.365. The number of nitrogens with one attached hydrogen (secondary N) is 1. The van der Waals surface area contributed by atoms with E-state index in [4.69, 9.17) is 9.47 Å². The Bertz CT molecular complexity index is 904. The first-order chi connectivity index (χ1) is 12.7. The summed E-state index contributed by atoms with van der Waals surface area (Å²) in [6, 6.07) is 12.3. The average molecular weight is 391 g/mol. The lowest BCUT2D eigenvalue weighted by molar-refractivity contribution is 0.0319. The van der Waals surface area contributed by atoms with Crippen molar-refractivity contribution in [2.45, 2.75) is 20.0 Å². The number of rotatable bonds is 8. The highest BCUT2D eigenvalue weighted by atomic mass is 32.2. The van der Waals surface area contributed by atoms with E-state index in [0.29, 0.717) is 29.2 Å². The molecule has 0 fully saturated rings. The van der Waals surface area contributed by atoms with Gasteiger partial charge in [-0.1, -0.05) is 0 Å². The van der Waals surface area contributed by atoms with E-state index in [1.54, 1.807) is 24.3 Å². The number of benzene rings is 2. The van der Waals surface area contributed by atoms with E-state index >= 15 is 0 Å². The number of hydrogen-bond acceptors (Lipinski definition) is 6. The molecule has 0 aliphatic carbocycles. The molecule has 1 N–H and O–H groups in total. The molecule has 0 unspecified atom stereocenters. The van der Waals surface area contributed by atoms with E-state index in [-0.39, 0.29) is 5.78 Å². The fraction of sp³-hybridized carbons (Fsp3) is 0.263. The molecular weight excluding hydrogens is 370 g/mol. The van der Waals surface area contributed by atoms with Gasteiger partial charge in [-0.25, -0.2) is 13.2 Å². The summed E-state index contributed by atoms with van der Waals surface area (Å²) in [6.45, 7) is 3.87. The number of carbonyl (C=O) groups is 2. The summed E-state index contributed by atoms with van der Waals surface area (Å²) in [4.78, 5) is 24.6. The molecule has 0 amide bonds. The van der Waals surface area contributed by atoms with Crippen LogP contribution in [0.25, 0.3) is 0 Å². The van der Waals surface area contributed by atoms with Gasteiger partial charge in [0, 0.05) is 11.3 Å². The zero-order valence-corrected chi connectivity index (χ0v) is 16.1. The fourth-order valence-corrected chi connectivity index (χ4v) is 2.85. The summed E-state index contributed by atoms with van der Waals surface area (Å²) in [5, 5.41) is 0. The van der Waals surface area contributed by atoms with Crippen molar-refractivity contribution >= 4 is 27.5 Å². The van der Waals surface area contributed by atoms with Crippen LogP contribution in [-0.2, 0) is 14.8 Å². The summed E-state index contributed by atoms with van der Waals surface area (Å²) in [6.07, 6.45) is 0.0481. The number of ether oxygens (including phenoxy) is 2. The lowest BCUT2D eigenvalue weighted by Gasteiger charge is -2.13. The number of hydrogen-bond donors (Lipinski definition) is 1. The molecule has 2 aromatic rings. The second-order valence-electron chi connectivity index (χ2n) is 5.82. The highest BCUT2D eigenvalue weighted by Gasteiger charge is 2.20. The molecule has 2 rings (SSSR count). The molecular formula is C19H21NO6S. The van der Waals surface area contributed by atoms with E-state index in [2.05, 4.69) is 4.72 Å². The first kappa shape index (κ1) is 20.4.